The SMILES string of the molecule is C#CC(C)c1cccc(S(=O)(=O)C(F)(F)F)c1. The zero-order valence-electron chi connectivity index (χ0n) is 8.82. The maximum absolute atomic E-state index is 12.3. The molecule has 0 heterocycles. The van der Waals surface area contributed by atoms with Gasteiger partial charge in [0.05, 0.1) is 4.90 Å². The highest BCUT2D eigenvalue weighted by molar-refractivity contribution is 7.92. The van der Waals surface area contributed by atoms with Gasteiger partial charge in [0.1, 0.15) is 0 Å². The first-order valence-corrected chi connectivity index (χ1v) is 6.06. The predicted octanol–water partition coefficient (Wildman–Crippen LogP) is 2.72. The third kappa shape index (κ3) is 2.61. The summed E-state index contributed by atoms with van der Waals surface area (Å²) < 4.78 is 59.2. The molecule has 0 amide bonds. The molecule has 0 aromatic heterocycles. The summed E-state index contributed by atoms with van der Waals surface area (Å²) in [5.74, 6) is 1.88. The molecule has 0 aliphatic rings. The molecule has 2 nitrogen and oxygen atoms in total. The van der Waals surface area contributed by atoms with Gasteiger partial charge in [0, 0.05) is 5.92 Å². The van der Waals surface area contributed by atoms with Crippen LogP contribution in [0, 0.1) is 12.3 Å². The first-order valence-electron chi connectivity index (χ1n) is 4.57. The molecule has 17 heavy (non-hydrogen) atoms. The minimum Gasteiger partial charge on any atom is -0.214 e. The van der Waals surface area contributed by atoms with Gasteiger partial charge in [0.2, 0.25) is 0 Å². The van der Waals surface area contributed by atoms with Crippen molar-refractivity contribution in [2.24, 2.45) is 0 Å². The highest BCUT2D eigenvalue weighted by Gasteiger charge is 2.46. The first kappa shape index (κ1) is 13.6. The summed E-state index contributed by atoms with van der Waals surface area (Å²) in [7, 11) is -5.31. The maximum Gasteiger partial charge on any atom is 0.501 e. The minimum absolute atomic E-state index is 0.359. The lowest BCUT2D eigenvalue weighted by atomic mass is 10.0. The van der Waals surface area contributed by atoms with E-state index < -0.39 is 26.2 Å². The second kappa shape index (κ2) is 4.41. The zero-order valence-corrected chi connectivity index (χ0v) is 9.64. The molecule has 0 spiro atoms. The molecule has 0 radical (unpaired) electrons. The van der Waals surface area contributed by atoms with E-state index in [0.717, 1.165) is 12.1 Å². The van der Waals surface area contributed by atoms with E-state index >= 15 is 0 Å². The Morgan fingerprint density at radius 3 is 2.41 bits per heavy atom. The van der Waals surface area contributed by atoms with E-state index in [-0.39, 0.29) is 0 Å². The van der Waals surface area contributed by atoms with E-state index in [4.69, 9.17) is 6.42 Å². The Hall–Kier alpha value is -1.48. The fourth-order valence-corrected chi connectivity index (χ4v) is 2.00. The lowest BCUT2D eigenvalue weighted by Crippen LogP contribution is -2.23. The molecule has 0 bridgehead atoms. The van der Waals surface area contributed by atoms with Crippen LogP contribution in [0.15, 0.2) is 29.2 Å². The topological polar surface area (TPSA) is 34.1 Å². The minimum atomic E-state index is -5.31. The second-order valence-corrected chi connectivity index (χ2v) is 5.35. The first-order chi connectivity index (χ1) is 7.70. The highest BCUT2D eigenvalue weighted by atomic mass is 32.2. The normalized spacial score (nSPS) is 14.1. The molecule has 1 aromatic carbocycles. The van der Waals surface area contributed by atoms with Crippen LogP contribution in [-0.4, -0.2) is 13.9 Å². The molecule has 1 atom stereocenters. The third-order valence-corrected chi connectivity index (χ3v) is 3.71. The van der Waals surface area contributed by atoms with Crippen molar-refractivity contribution in [3.63, 3.8) is 0 Å². The van der Waals surface area contributed by atoms with Gasteiger partial charge in [-0.2, -0.15) is 13.2 Å². The number of terminal acetylenes is 1. The quantitative estimate of drug-likeness (QED) is 0.768. The lowest BCUT2D eigenvalue weighted by Gasteiger charge is -2.10. The number of alkyl halides is 3. The predicted molar refractivity (Wildman–Crippen MR) is 56.9 cm³/mol. The zero-order chi connectivity index (χ0) is 13.3. The molecule has 0 saturated heterocycles. The van der Waals surface area contributed by atoms with Crippen LogP contribution in [0.25, 0.3) is 0 Å². The average Bonchev–Trinajstić information content (AvgIpc) is 2.26. The second-order valence-electron chi connectivity index (χ2n) is 3.41. The molecule has 1 unspecified atom stereocenters. The summed E-state index contributed by atoms with van der Waals surface area (Å²) in [4.78, 5) is -0.787. The molecule has 0 saturated carbocycles. The Balaban J connectivity index is 3.32. The number of benzene rings is 1. The maximum atomic E-state index is 12.3. The van der Waals surface area contributed by atoms with Crippen LogP contribution in [0.4, 0.5) is 13.2 Å². The van der Waals surface area contributed by atoms with Crippen molar-refractivity contribution in [2.45, 2.75) is 23.2 Å². The van der Waals surface area contributed by atoms with Gasteiger partial charge in [0.25, 0.3) is 9.84 Å². The Kier molecular flexibility index (Phi) is 3.53. The fraction of sp³-hybridized carbons (Fsp3) is 0.273. The van der Waals surface area contributed by atoms with Crippen molar-refractivity contribution in [2.75, 3.05) is 0 Å². The molecule has 1 rings (SSSR count). The number of hydrogen-bond acceptors (Lipinski definition) is 2. The Morgan fingerprint density at radius 2 is 1.94 bits per heavy atom. The Morgan fingerprint density at radius 1 is 1.35 bits per heavy atom. The van der Waals surface area contributed by atoms with E-state index in [0.29, 0.717) is 5.56 Å². The summed E-state index contributed by atoms with van der Waals surface area (Å²) in [5.41, 5.74) is -4.94. The number of rotatable bonds is 2. The van der Waals surface area contributed by atoms with Crippen molar-refractivity contribution in [1.82, 2.24) is 0 Å². The number of sulfone groups is 1. The van der Waals surface area contributed by atoms with Gasteiger partial charge in [-0.15, -0.1) is 6.42 Å². The van der Waals surface area contributed by atoms with E-state index in [1.807, 2.05) is 0 Å². The molecule has 0 aliphatic carbocycles. The average molecular weight is 262 g/mol. The van der Waals surface area contributed by atoms with Crippen LogP contribution in [0.5, 0.6) is 0 Å². The van der Waals surface area contributed by atoms with Crippen LogP contribution >= 0.6 is 0 Å². The summed E-state index contributed by atoms with van der Waals surface area (Å²) in [6.07, 6.45) is 5.13. The standard InChI is InChI=1S/C11H9F3O2S/c1-3-8(2)9-5-4-6-10(7-9)17(15,16)11(12,13)14/h1,4-8H,2H3. The molecular weight excluding hydrogens is 253 g/mol. The van der Waals surface area contributed by atoms with Crippen LogP contribution in [0.2, 0.25) is 0 Å². The number of hydrogen-bond donors (Lipinski definition) is 0. The van der Waals surface area contributed by atoms with Crippen LogP contribution in [0.3, 0.4) is 0 Å². The molecule has 92 valence electrons. The van der Waals surface area contributed by atoms with Gasteiger partial charge in [-0.1, -0.05) is 18.1 Å². The largest absolute Gasteiger partial charge is 0.501 e. The van der Waals surface area contributed by atoms with Gasteiger partial charge < -0.3 is 0 Å². The molecule has 0 aliphatic heterocycles. The molecule has 6 heteroatoms. The van der Waals surface area contributed by atoms with Gasteiger partial charge in [-0.25, -0.2) is 8.42 Å². The smallest absolute Gasteiger partial charge is 0.214 e. The van der Waals surface area contributed by atoms with Gasteiger partial charge in [0.15, 0.2) is 0 Å². The Labute approximate surface area is 97.4 Å². The van der Waals surface area contributed by atoms with Crippen LogP contribution < -0.4 is 0 Å². The summed E-state index contributed by atoms with van der Waals surface area (Å²) in [6, 6.07) is 4.57. The van der Waals surface area contributed by atoms with Crippen LogP contribution in [-0.2, 0) is 9.84 Å². The van der Waals surface area contributed by atoms with Gasteiger partial charge in [-0.05, 0) is 24.6 Å². The third-order valence-electron chi connectivity index (χ3n) is 2.22. The van der Waals surface area contributed by atoms with E-state index in [2.05, 4.69) is 5.92 Å². The summed E-state index contributed by atoms with van der Waals surface area (Å²) in [5, 5.41) is 0. The summed E-state index contributed by atoms with van der Waals surface area (Å²) >= 11 is 0. The lowest BCUT2D eigenvalue weighted by molar-refractivity contribution is -0.0436. The monoisotopic (exact) mass is 262 g/mol. The van der Waals surface area contributed by atoms with E-state index in [1.165, 1.54) is 12.1 Å². The van der Waals surface area contributed by atoms with Crippen molar-refractivity contribution in [1.29, 1.82) is 0 Å². The van der Waals surface area contributed by atoms with Gasteiger partial charge in [-0.3, -0.25) is 0 Å². The van der Waals surface area contributed by atoms with Crippen LogP contribution in [0.1, 0.15) is 18.4 Å². The van der Waals surface area contributed by atoms with Gasteiger partial charge >= 0.3 is 5.51 Å². The van der Waals surface area contributed by atoms with Crippen molar-refractivity contribution in [3.8, 4) is 12.3 Å². The summed E-state index contributed by atoms with van der Waals surface area (Å²) in [6.45, 7) is 1.60. The van der Waals surface area contributed by atoms with E-state index in [1.54, 1.807) is 6.92 Å². The fourth-order valence-electron chi connectivity index (χ4n) is 1.18. The van der Waals surface area contributed by atoms with Crippen molar-refractivity contribution >= 4 is 9.84 Å². The molecule has 0 fully saturated rings. The molecule has 1 aromatic rings. The molecular formula is C11H9F3O2S. The molecule has 0 N–H and O–H groups in total. The van der Waals surface area contributed by atoms with E-state index in [9.17, 15) is 21.6 Å². The Bertz CT molecular complexity index is 553. The van der Waals surface area contributed by atoms with Crippen molar-refractivity contribution in [3.05, 3.63) is 29.8 Å². The highest BCUT2D eigenvalue weighted by Crippen LogP contribution is 2.31. The van der Waals surface area contributed by atoms with Crippen molar-refractivity contribution < 1.29 is 21.6 Å². The number of halogens is 3.